The molecule has 0 saturated carbocycles. The molecule has 0 atom stereocenters. The molecular weight excluding hydrogens is 200 g/mol. The Morgan fingerprint density at radius 2 is 2.23 bits per heavy atom. The number of hydrogen-bond acceptors (Lipinski definition) is 3. The summed E-state index contributed by atoms with van der Waals surface area (Å²) in [5.41, 5.74) is 2.23. The Labute approximate surface area is 86.4 Å². The van der Waals surface area contributed by atoms with Crippen LogP contribution in [0.25, 0.3) is 10.1 Å². The molecule has 0 aliphatic carbocycles. The van der Waals surface area contributed by atoms with E-state index in [1.54, 1.807) is 11.3 Å². The molecule has 0 unspecified atom stereocenters. The molecular formula is C10H10OS2. The van der Waals surface area contributed by atoms with Gasteiger partial charge in [0.1, 0.15) is 0 Å². The third-order valence-electron chi connectivity index (χ3n) is 2.14. The Hall–Kier alpha value is -0.510. The van der Waals surface area contributed by atoms with Crippen LogP contribution < -0.4 is 0 Å². The van der Waals surface area contributed by atoms with E-state index in [9.17, 15) is 0 Å². The molecule has 0 fully saturated rings. The van der Waals surface area contributed by atoms with E-state index in [0.717, 1.165) is 14.5 Å². The second kappa shape index (κ2) is 3.33. The Bertz CT molecular complexity index is 445. The first kappa shape index (κ1) is 9.06. The largest absolute Gasteiger partial charge is 0.392 e. The summed E-state index contributed by atoms with van der Waals surface area (Å²) in [7, 11) is 0. The Kier molecular flexibility index (Phi) is 2.32. The standard InChI is InChI=1S/C10H10OS2/c1-6-2-3-7(5-11)10-8(6)4-9(12)13-10/h2-4,11-12H,5H2,1H3. The minimum atomic E-state index is 0.102. The summed E-state index contributed by atoms with van der Waals surface area (Å²) in [6.45, 7) is 2.17. The van der Waals surface area contributed by atoms with Crippen molar-refractivity contribution in [2.24, 2.45) is 0 Å². The van der Waals surface area contributed by atoms with Crippen molar-refractivity contribution in [3.8, 4) is 0 Å². The van der Waals surface area contributed by atoms with Crippen molar-refractivity contribution in [3.63, 3.8) is 0 Å². The van der Waals surface area contributed by atoms with Crippen LogP contribution in [0.5, 0.6) is 0 Å². The molecule has 1 aromatic heterocycles. The van der Waals surface area contributed by atoms with Crippen LogP contribution in [-0.4, -0.2) is 5.11 Å². The molecule has 13 heavy (non-hydrogen) atoms. The van der Waals surface area contributed by atoms with Crippen molar-refractivity contribution in [1.29, 1.82) is 0 Å². The molecule has 0 amide bonds. The SMILES string of the molecule is Cc1ccc(CO)c2sc(S)cc12. The van der Waals surface area contributed by atoms with E-state index in [-0.39, 0.29) is 6.61 Å². The molecule has 0 spiro atoms. The third-order valence-corrected chi connectivity index (χ3v) is 3.56. The number of rotatable bonds is 1. The fraction of sp³-hybridized carbons (Fsp3) is 0.200. The molecule has 68 valence electrons. The Morgan fingerprint density at radius 1 is 1.46 bits per heavy atom. The predicted molar refractivity (Wildman–Crippen MR) is 59.7 cm³/mol. The number of hydrogen-bond donors (Lipinski definition) is 2. The first-order chi connectivity index (χ1) is 6.22. The zero-order valence-electron chi connectivity index (χ0n) is 7.24. The van der Waals surface area contributed by atoms with Crippen LogP contribution in [0.4, 0.5) is 0 Å². The maximum absolute atomic E-state index is 9.12. The van der Waals surface area contributed by atoms with Gasteiger partial charge < -0.3 is 5.11 Å². The van der Waals surface area contributed by atoms with Crippen LogP contribution in [-0.2, 0) is 6.61 Å². The van der Waals surface area contributed by atoms with Crippen LogP contribution in [0, 0.1) is 6.92 Å². The Balaban J connectivity index is 2.83. The molecule has 3 heteroatoms. The minimum absolute atomic E-state index is 0.102. The third kappa shape index (κ3) is 1.47. The van der Waals surface area contributed by atoms with Gasteiger partial charge in [0.2, 0.25) is 0 Å². The van der Waals surface area contributed by atoms with E-state index in [2.05, 4.69) is 25.6 Å². The van der Waals surface area contributed by atoms with Crippen LogP contribution >= 0.6 is 24.0 Å². The highest BCUT2D eigenvalue weighted by atomic mass is 32.2. The van der Waals surface area contributed by atoms with Crippen molar-refractivity contribution in [1.82, 2.24) is 0 Å². The molecule has 0 bridgehead atoms. The second-order valence-electron chi connectivity index (χ2n) is 3.03. The zero-order chi connectivity index (χ0) is 9.42. The average Bonchev–Trinajstić information content (AvgIpc) is 2.48. The lowest BCUT2D eigenvalue weighted by Gasteiger charge is -2.00. The van der Waals surface area contributed by atoms with Gasteiger partial charge in [-0.05, 0) is 29.5 Å². The summed E-state index contributed by atoms with van der Waals surface area (Å²) in [4.78, 5) is 0. The van der Waals surface area contributed by atoms with Crippen LogP contribution in [0.3, 0.4) is 0 Å². The number of aliphatic hydroxyl groups is 1. The maximum Gasteiger partial charge on any atom is 0.0695 e. The van der Waals surface area contributed by atoms with Gasteiger partial charge in [0.05, 0.1) is 10.8 Å². The summed E-state index contributed by atoms with van der Waals surface area (Å²) in [6, 6.07) is 6.06. The fourth-order valence-electron chi connectivity index (χ4n) is 1.43. The van der Waals surface area contributed by atoms with Crippen molar-refractivity contribution >= 4 is 34.1 Å². The van der Waals surface area contributed by atoms with Gasteiger partial charge in [-0.3, -0.25) is 0 Å². The predicted octanol–water partition coefficient (Wildman–Crippen LogP) is 2.99. The topological polar surface area (TPSA) is 20.2 Å². The van der Waals surface area contributed by atoms with Gasteiger partial charge in [-0.2, -0.15) is 0 Å². The molecule has 0 aliphatic rings. The normalized spacial score (nSPS) is 11.0. The van der Waals surface area contributed by atoms with Gasteiger partial charge in [0.25, 0.3) is 0 Å². The lowest BCUT2D eigenvalue weighted by molar-refractivity contribution is 0.283. The van der Waals surface area contributed by atoms with Crippen LogP contribution in [0.2, 0.25) is 0 Å². The van der Waals surface area contributed by atoms with Crippen molar-refractivity contribution in [3.05, 3.63) is 29.3 Å². The van der Waals surface area contributed by atoms with Crippen LogP contribution in [0.1, 0.15) is 11.1 Å². The number of thiol groups is 1. The number of aliphatic hydroxyl groups excluding tert-OH is 1. The zero-order valence-corrected chi connectivity index (χ0v) is 8.95. The molecule has 2 aromatic rings. The summed E-state index contributed by atoms with van der Waals surface area (Å²) in [6.07, 6.45) is 0. The lowest BCUT2D eigenvalue weighted by atomic mass is 10.1. The van der Waals surface area contributed by atoms with Gasteiger partial charge in [-0.1, -0.05) is 12.1 Å². The smallest absolute Gasteiger partial charge is 0.0695 e. The summed E-state index contributed by atoms with van der Waals surface area (Å²) >= 11 is 5.93. The fourth-order valence-corrected chi connectivity index (χ4v) is 2.81. The average molecular weight is 210 g/mol. The van der Waals surface area contributed by atoms with E-state index in [1.165, 1.54) is 10.9 Å². The molecule has 1 heterocycles. The van der Waals surface area contributed by atoms with Crippen molar-refractivity contribution < 1.29 is 5.11 Å². The Morgan fingerprint density at radius 3 is 2.92 bits per heavy atom. The summed E-state index contributed by atoms with van der Waals surface area (Å²) in [5, 5.41) is 10.3. The number of fused-ring (bicyclic) bond motifs is 1. The van der Waals surface area contributed by atoms with Gasteiger partial charge >= 0.3 is 0 Å². The lowest BCUT2D eigenvalue weighted by Crippen LogP contribution is -1.83. The monoisotopic (exact) mass is 210 g/mol. The summed E-state index contributed by atoms with van der Waals surface area (Å²) < 4.78 is 2.16. The number of thiophene rings is 1. The van der Waals surface area contributed by atoms with E-state index in [1.807, 2.05) is 12.1 Å². The molecule has 0 saturated heterocycles. The molecule has 0 aliphatic heterocycles. The van der Waals surface area contributed by atoms with Gasteiger partial charge in [0.15, 0.2) is 0 Å². The van der Waals surface area contributed by atoms with E-state index in [4.69, 9.17) is 5.11 Å². The molecule has 1 N–H and O–H groups in total. The van der Waals surface area contributed by atoms with Crippen molar-refractivity contribution in [2.45, 2.75) is 17.7 Å². The minimum Gasteiger partial charge on any atom is -0.392 e. The molecule has 2 rings (SSSR count). The van der Waals surface area contributed by atoms with Crippen molar-refractivity contribution in [2.75, 3.05) is 0 Å². The highest BCUT2D eigenvalue weighted by Crippen LogP contribution is 2.32. The van der Waals surface area contributed by atoms with Crippen LogP contribution in [0.15, 0.2) is 22.4 Å². The first-order valence-electron chi connectivity index (χ1n) is 4.04. The second-order valence-corrected chi connectivity index (χ2v) is 4.86. The molecule has 1 nitrogen and oxygen atoms in total. The van der Waals surface area contributed by atoms with E-state index >= 15 is 0 Å². The number of benzene rings is 1. The maximum atomic E-state index is 9.12. The first-order valence-corrected chi connectivity index (χ1v) is 5.30. The van der Waals surface area contributed by atoms with E-state index < -0.39 is 0 Å². The van der Waals surface area contributed by atoms with E-state index in [0.29, 0.717) is 0 Å². The molecule has 0 radical (unpaired) electrons. The van der Waals surface area contributed by atoms with Gasteiger partial charge in [0, 0.05) is 4.70 Å². The van der Waals surface area contributed by atoms with Gasteiger partial charge in [-0.25, -0.2) is 0 Å². The highest BCUT2D eigenvalue weighted by Gasteiger charge is 2.05. The number of aryl methyl sites for hydroxylation is 1. The highest BCUT2D eigenvalue weighted by molar-refractivity contribution is 7.83. The van der Waals surface area contributed by atoms with Gasteiger partial charge in [-0.15, -0.1) is 24.0 Å². The quantitative estimate of drug-likeness (QED) is 0.693. The molecule has 1 aromatic carbocycles. The summed E-state index contributed by atoms with van der Waals surface area (Å²) in [5.74, 6) is 0.